The first-order chi connectivity index (χ1) is 7.86. The van der Waals surface area contributed by atoms with E-state index in [1.54, 1.807) is 6.20 Å². The highest BCUT2D eigenvalue weighted by molar-refractivity contribution is 5.81. The Morgan fingerprint density at radius 2 is 2.06 bits per heavy atom. The predicted molar refractivity (Wildman–Crippen MR) is 62.0 cm³/mol. The van der Waals surface area contributed by atoms with Crippen molar-refractivity contribution in [3.05, 3.63) is 42.1 Å². The summed E-state index contributed by atoms with van der Waals surface area (Å²) in [6.07, 6.45) is 0.817. The molecule has 0 radical (unpaired) electrons. The topological polar surface area (TPSA) is 24.9 Å². The highest BCUT2D eigenvalue weighted by Crippen LogP contribution is 2.32. The minimum absolute atomic E-state index is 0.104. The Balaban J connectivity index is 2.08. The standard InChI is InChI=1S/C13H13FN2/c14-12(10-7-15-8-10)11-5-1-3-9-4-2-6-16-13(9)11/h1-6,10,12,15H,7-8H2. The molecular weight excluding hydrogens is 203 g/mol. The van der Waals surface area contributed by atoms with Crippen molar-refractivity contribution in [3.63, 3.8) is 0 Å². The fourth-order valence-electron chi connectivity index (χ4n) is 2.12. The Morgan fingerprint density at radius 3 is 2.81 bits per heavy atom. The van der Waals surface area contributed by atoms with Gasteiger partial charge in [0, 0.05) is 36.2 Å². The molecule has 0 amide bonds. The molecule has 2 nitrogen and oxygen atoms in total. The molecule has 3 heteroatoms. The van der Waals surface area contributed by atoms with Crippen molar-refractivity contribution in [2.24, 2.45) is 5.92 Å². The average Bonchev–Trinajstić information content (AvgIpc) is 2.26. The fraction of sp³-hybridized carbons (Fsp3) is 0.308. The molecule has 3 rings (SSSR count). The summed E-state index contributed by atoms with van der Waals surface area (Å²) in [5.74, 6) is 0.104. The van der Waals surface area contributed by atoms with E-state index in [1.165, 1.54) is 0 Å². The van der Waals surface area contributed by atoms with Crippen LogP contribution in [0.3, 0.4) is 0 Å². The Hall–Kier alpha value is -1.48. The van der Waals surface area contributed by atoms with Gasteiger partial charge in [0.25, 0.3) is 0 Å². The number of rotatable bonds is 2. The molecule has 1 aromatic heterocycles. The van der Waals surface area contributed by atoms with Crippen molar-refractivity contribution in [2.45, 2.75) is 6.17 Å². The maximum Gasteiger partial charge on any atom is 0.132 e. The molecule has 0 spiro atoms. The molecular formula is C13H13FN2. The molecule has 1 aliphatic heterocycles. The number of nitrogens with one attached hydrogen (secondary N) is 1. The molecule has 1 unspecified atom stereocenters. The first-order valence-corrected chi connectivity index (χ1v) is 5.54. The Kier molecular flexibility index (Phi) is 2.33. The molecule has 0 aliphatic carbocycles. The fourth-order valence-corrected chi connectivity index (χ4v) is 2.12. The van der Waals surface area contributed by atoms with E-state index in [2.05, 4.69) is 10.3 Å². The number of hydrogen-bond acceptors (Lipinski definition) is 2. The first-order valence-electron chi connectivity index (χ1n) is 5.54. The van der Waals surface area contributed by atoms with Crippen LogP contribution in [0, 0.1) is 5.92 Å². The van der Waals surface area contributed by atoms with Crippen LogP contribution in [0.2, 0.25) is 0 Å². The second-order valence-corrected chi connectivity index (χ2v) is 4.24. The summed E-state index contributed by atoms with van der Waals surface area (Å²) in [5, 5.41) is 4.11. The van der Waals surface area contributed by atoms with E-state index in [-0.39, 0.29) is 5.92 Å². The van der Waals surface area contributed by atoms with Crippen LogP contribution in [0.25, 0.3) is 10.9 Å². The number of fused-ring (bicyclic) bond motifs is 1. The van der Waals surface area contributed by atoms with Crippen molar-refractivity contribution >= 4 is 10.9 Å². The molecule has 16 heavy (non-hydrogen) atoms. The van der Waals surface area contributed by atoms with E-state index in [0.717, 1.165) is 29.6 Å². The summed E-state index contributed by atoms with van der Waals surface area (Å²) in [5.41, 5.74) is 1.52. The molecule has 2 aromatic rings. The van der Waals surface area contributed by atoms with Gasteiger partial charge in [-0.25, -0.2) is 4.39 Å². The zero-order valence-corrected chi connectivity index (χ0v) is 8.86. The number of halogens is 1. The predicted octanol–water partition coefficient (Wildman–Crippen LogP) is 2.46. The van der Waals surface area contributed by atoms with E-state index in [0.29, 0.717) is 0 Å². The third-order valence-electron chi connectivity index (χ3n) is 3.19. The van der Waals surface area contributed by atoms with Crippen molar-refractivity contribution in [3.8, 4) is 0 Å². The van der Waals surface area contributed by atoms with Gasteiger partial charge in [0.05, 0.1) is 5.52 Å². The monoisotopic (exact) mass is 216 g/mol. The smallest absolute Gasteiger partial charge is 0.132 e. The second kappa shape index (κ2) is 3.83. The van der Waals surface area contributed by atoms with Gasteiger partial charge in [-0.3, -0.25) is 4.98 Å². The SMILES string of the molecule is FC(c1cccc2cccnc12)C1CNC1. The lowest BCUT2D eigenvalue weighted by Gasteiger charge is -2.30. The Bertz CT molecular complexity index is 503. The minimum atomic E-state index is -0.903. The number of benzene rings is 1. The van der Waals surface area contributed by atoms with Crippen LogP contribution >= 0.6 is 0 Å². The molecule has 1 aromatic carbocycles. The van der Waals surface area contributed by atoms with E-state index >= 15 is 0 Å². The summed E-state index contributed by atoms with van der Waals surface area (Å²) >= 11 is 0. The molecule has 0 saturated carbocycles. The molecule has 1 atom stereocenters. The molecule has 1 saturated heterocycles. The quantitative estimate of drug-likeness (QED) is 0.834. The summed E-state index contributed by atoms with van der Waals surface area (Å²) in [4.78, 5) is 4.28. The van der Waals surface area contributed by atoms with Crippen LogP contribution < -0.4 is 5.32 Å². The van der Waals surface area contributed by atoms with E-state index in [9.17, 15) is 4.39 Å². The lowest BCUT2D eigenvalue weighted by Crippen LogP contribution is -2.44. The van der Waals surface area contributed by atoms with Gasteiger partial charge in [0.15, 0.2) is 0 Å². The lowest BCUT2D eigenvalue weighted by atomic mass is 9.91. The van der Waals surface area contributed by atoms with E-state index < -0.39 is 6.17 Å². The third-order valence-corrected chi connectivity index (χ3v) is 3.19. The number of aromatic nitrogens is 1. The maximum atomic E-state index is 14.2. The van der Waals surface area contributed by atoms with Gasteiger partial charge in [-0.05, 0) is 6.07 Å². The van der Waals surface area contributed by atoms with Crippen molar-refractivity contribution in [1.82, 2.24) is 10.3 Å². The number of para-hydroxylation sites is 1. The molecule has 0 bridgehead atoms. The maximum absolute atomic E-state index is 14.2. The normalized spacial score (nSPS) is 18.3. The largest absolute Gasteiger partial charge is 0.316 e. The van der Waals surface area contributed by atoms with Gasteiger partial charge in [0.2, 0.25) is 0 Å². The molecule has 82 valence electrons. The molecule has 1 fully saturated rings. The van der Waals surface area contributed by atoms with Crippen molar-refractivity contribution < 1.29 is 4.39 Å². The van der Waals surface area contributed by atoms with Gasteiger partial charge < -0.3 is 5.32 Å². The van der Waals surface area contributed by atoms with Crippen molar-refractivity contribution in [1.29, 1.82) is 0 Å². The summed E-state index contributed by atoms with van der Waals surface area (Å²) < 4.78 is 14.2. The van der Waals surface area contributed by atoms with Gasteiger partial charge in [-0.1, -0.05) is 24.3 Å². The van der Waals surface area contributed by atoms with Crippen LogP contribution in [0.5, 0.6) is 0 Å². The number of hydrogen-bond donors (Lipinski definition) is 1. The van der Waals surface area contributed by atoms with Gasteiger partial charge in [-0.15, -0.1) is 0 Å². The van der Waals surface area contributed by atoms with Gasteiger partial charge >= 0.3 is 0 Å². The van der Waals surface area contributed by atoms with Gasteiger partial charge in [0.1, 0.15) is 6.17 Å². The van der Waals surface area contributed by atoms with Crippen molar-refractivity contribution in [2.75, 3.05) is 13.1 Å². The Labute approximate surface area is 93.5 Å². The average molecular weight is 216 g/mol. The highest BCUT2D eigenvalue weighted by atomic mass is 19.1. The highest BCUT2D eigenvalue weighted by Gasteiger charge is 2.29. The number of nitrogens with zero attached hydrogens (tertiary/aromatic N) is 1. The van der Waals surface area contributed by atoms with E-state index in [1.807, 2.05) is 30.3 Å². The summed E-state index contributed by atoms with van der Waals surface area (Å²) in [6.45, 7) is 1.54. The molecule has 2 heterocycles. The minimum Gasteiger partial charge on any atom is -0.316 e. The molecule has 1 N–H and O–H groups in total. The summed E-state index contributed by atoms with van der Waals surface area (Å²) in [6, 6.07) is 9.57. The number of pyridine rings is 1. The van der Waals surface area contributed by atoms with E-state index in [4.69, 9.17) is 0 Å². The zero-order valence-electron chi connectivity index (χ0n) is 8.86. The second-order valence-electron chi connectivity index (χ2n) is 4.24. The summed E-state index contributed by atoms with van der Waals surface area (Å²) in [7, 11) is 0. The third kappa shape index (κ3) is 1.48. The van der Waals surface area contributed by atoms with Crippen LogP contribution in [0.15, 0.2) is 36.5 Å². The Morgan fingerprint density at radius 1 is 1.25 bits per heavy atom. The van der Waals surface area contributed by atoms with Crippen LogP contribution in [-0.4, -0.2) is 18.1 Å². The van der Waals surface area contributed by atoms with Gasteiger partial charge in [-0.2, -0.15) is 0 Å². The number of alkyl halides is 1. The van der Waals surface area contributed by atoms with Crippen LogP contribution in [-0.2, 0) is 0 Å². The first kappa shape index (κ1) is 9.73. The molecule has 1 aliphatic rings. The van der Waals surface area contributed by atoms with Crippen LogP contribution in [0.1, 0.15) is 11.7 Å². The van der Waals surface area contributed by atoms with Crippen LogP contribution in [0.4, 0.5) is 4.39 Å². The lowest BCUT2D eigenvalue weighted by molar-refractivity contribution is 0.172. The zero-order chi connectivity index (χ0) is 11.0.